The molecule has 0 bridgehead atoms. The number of benzene rings is 2. The van der Waals surface area contributed by atoms with Gasteiger partial charge in [0.2, 0.25) is 10.0 Å². The van der Waals surface area contributed by atoms with Crippen LogP contribution >= 0.6 is 0 Å². The van der Waals surface area contributed by atoms with Crippen molar-refractivity contribution in [3.8, 4) is 23.0 Å². The third-order valence-corrected chi connectivity index (χ3v) is 5.60. The van der Waals surface area contributed by atoms with Crippen LogP contribution in [-0.4, -0.2) is 55.6 Å². The predicted molar refractivity (Wildman–Crippen MR) is 115 cm³/mol. The van der Waals surface area contributed by atoms with E-state index in [2.05, 4.69) is 5.32 Å². The summed E-state index contributed by atoms with van der Waals surface area (Å²) in [7, 11) is 2.22. The molecule has 2 aromatic rings. The molecule has 0 aliphatic heterocycles. The lowest BCUT2D eigenvalue weighted by Gasteiger charge is -2.24. The van der Waals surface area contributed by atoms with E-state index >= 15 is 0 Å². The Morgan fingerprint density at radius 1 is 0.900 bits per heavy atom. The van der Waals surface area contributed by atoms with E-state index in [1.165, 1.54) is 40.6 Å². The number of nitrogens with zero attached hydrogens (tertiary/aromatic N) is 1. The Labute approximate surface area is 176 Å². The SMILES string of the molecule is CCN(c1cc(OC)c(OC)cc1C(=O)Nc1ccc(OC)c(OC)c1)S(C)(=O)=O. The molecule has 164 valence electrons. The summed E-state index contributed by atoms with van der Waals surface area (Å²) in [5.41, 5.74) is 0.728. The zero-order chi connectivity index (χ0) is 22.5. The zero-order valence-corrected chi connectivity index (χ0v) is 18.6. The number of methoxy groups -OCH3 is 4. The molecule has 0 heterocycles. The second-order valence-electron chi connectivity index (χ2n) is 6.18. The molecule has 0 atom stereocenters. The van der Waals surface area contributed by atoms with Crippen molar-refractivity contribution >= 4 is 27.3 Å². The number of anilines is 2. The summed E-state index contributed by atoms with van der Waals surface area (Å²) in [5.74, 6) is 1.02. The van der Waals surface area contributed by atoms with Gasteiger partial charge in [0.15, 0.2) is 23.0 Å². The normalized spacial score (nSPS) is 10.9. The summed E-state index contributed by atoms with van der Waals surface area (Å²) in [6.07, 6.45) is 1.07. The minimum absolute atomic E-state index is 0.106. The van der Waals surface area contributed by atoms with Gasteiger partial charge in [0.25, 0.3) is 5.91 Å². The molecule has 10 heteroatoms. The maximum atomic E-state index is 13.1. The largest absolute Gasteiger partial charge is 0.493 e. The standard InChI is InChI=1S/C20H26N2O7S/c1-7-22(30(6,24)25)15-12-19(29-5)18(28-4)11-14(15)20(23)21-13-8-9-16(26-2)17(10-13)27-3/h8-12H,7H2,1-6H3,(H,21,23). The van der Waals surface area contributed by atoms with Crippen LogP contribution in [-0.2, 0) is 10.0 Å². The molecule has 0 spiro atoms. The third-order valence-electron chi connectivity index (χ3n) is 4.34. The van der Waals surface area contributed by atoms with E-state index < -0.39 is 15.9 Å². The van der Waals surface area contributed by atoms with Gasteiger partial charge in [0.1, 0.15) is 0 Å². The fourth-order valence-corrected chi connectivity index (χ4v) is 3.93. The quantitative estimate of drug-likeness (QED) is 0.642. The number of amides is 1. The Hall–Kier alpha value is -3.14. The van der Waals surface area contributed by atoms with Crippen LogP contribution in [0.1, 0.15) is 17.3 Å². The van der Waals surface area contributed by atoms with E-state index in [-0.39, 0.29) is 17.8 Å². The van der Waals surface area contributed by atoms with Crippen LogP contribution in [0, 0.1) is 0 Å². The highest BCUT2D eigenvalue weighted by atomic mass is 32.2. The van der Waals surface area contributed by atoms with Crippen LogP contribution in [0.2, 0.25) is 0 Å². The molecule has 1 amide bonds. The molecular formula is C20H26N2O7S. The average Bonchev–Trinajstić information content (AvgIpc) is 2.72. The van der Waals surface area contributed by atoms with Gasteiger partial charge in [-0.15, -0.1) is 0 Å². The predicted octanol–water partition coefficient (Wildman–Crippen LogP) is 2.76. The van der Waals surface area contributed by atoms with Crippen molar-refractivity contribution in [1.82, 2.24) is 0 Å². The van der Waals surface area contributed by atoms with Crippen LogP contribution in [0.25, 0.3) is 0 Å². The Balaban J connectivity index is 2.57. The Morgan fingerprint density at radius 3 is 1.93 bits per heavy atom. The maximum absolute atomic E-state index is 13.1. The second-order valence-corrected chi connectivity index (χ2v) is 8.08. The molecule has 0 aliphatic rings. The molecule has 30 heavy (non-hydrogen) atoms. The molecule has 9 nitrogen and oxygen atoms in total. The van der Waals surface area contributed by atoms with E-state index in [1.54, 1.807) is 25.1 Å². The van der Waals surface area contributed by atoms with Crippen LogP contribution in [0.3, 0.4) is 0 Å². The summed E-state index contributed by atoms with van der Waals surface area (Å²) >= 11 is 0. The van der Waals surface area contributed by atoms with E-state index in [1.807, 2.05) is 0 Å². The first-order valence-electron chi connectivity index (χ1n) is 8.97. The highest BCUT2D eigenvalue weighted by Gasteiger charge is 2.25. The van der Waals surface area contributed by atoms with Crippen molar-refractivity contribution in [2.45, 2.75) is 6.92 Å². The lowest BCUT2D eigenvalue weighted by atomic mass is 10.1. The molecule has 0 aromatic heterocycles. The smallest absolute Gasteiger partial charge is 0.257 e. The van der Waals surface area contributed by atoms with Gasteiger partial charge in [0.05, 0.1) is 45.9 Å². The van der Waals surface area contributed by atoms with Crippen LogP contribution in [0.15, 0.2) is 30.3 Å². The highest BCUT2D eigenvalue weighted by Crippen LogP contribution is 2.37. The lowest BCUT2D eigenvalue weighted by Crippen LogP contribution is -2.31. The zero-order valence-electron chi connectivity index (χ0n) is 17.8. The van der Waals surface area contributed by atoms with Gasteiger partial charge in [-0.1, -0.05) is 0 Å². The van der Waals surface area contributed by atoms with Crippen LogP contribution in [0.4, 0.5) is 11.4 Å². The average molecular weight is 439 g/mol. The van der Waals surface area contributed by atoms with Gasteiger partial charge in [-0.3, -0.25) is 9.10 Å². The molecule has 0 radical (unpaired) electrons. The summed E-state index contributed by atoms with van der Waals surface area (Å²) in [4.78, 5) is 13.1. The number of hydrogen-bond acceptors (Lipinski definition) is 7. The molecule has 0 fully saturated rings. The minimum atomic E-state index is -3.64. The van der Waals surface area contributed by atoms with Gasteiger partial charge in [-0.2, -0.15) is 0 Å². The summed E-state index contributed by atoms with van der Waals surface area (Å²) in [6.45, 7) is 1.80. The molecule has 2 aromatic carbocycles. The Bertz CT molecular complexity index is 1020. The van der Waals surface area contributed by atoms with Gasteiger partial charge in [-0.25, -0.2) is 8.42 Å². The van der Waals surface area contributed by atoms with E-state index in [0.717, 1.165) is 10.6 Å². The number of nitrogens with one attached hydrogen (secondary N) is 1. The monoisotopic (exact) mass is 438 g/mol. The van der Waals surface area contributed by atoms with Gasteiger partial charge >= 0.3 is 0 Å². The highest BCUT2D eigenvalue weighted by molar-refractivity contribution is 7.92. The number of hydrogen-bond donors (Lipinski definition) is 1. The van der Waals surface area contributed by atoms with Crippen molar-refractivity contribution in [2.75, 3.05) is 50.9 Å². The molecule has 0 unspecified atom stereocenters. The first kappa shape index (κ1) is 23.1. The summed E-state index contributed by atoms with van der Waals surface area (Å²) in [5, 5.41) is 2.75. The fraction of sp³-hybridized carbons (Fsp3) is 0.350. The Kier molecular flexibility index (Phi) is 7.38. The number of carbonyl (C=O) groups excluding carboxylic acids is 1. The number of ether oxygens (including phenoxy) is 4. The summed E-state index contributed by atoms with van der Waals surface area (Å²) in [6, 6.07) is 7.81. The van der Waals surface area contributed by atoms with Crippen molar-refractivity contribution in [3.63, 3.8) is 0 Å². The van der Waals surface area contributed by atoms with Gasteiger partial charge in [-0.05, 0) is 25.1 Å². The molecule has 0 saturated heterocycles. The van der Waals surface area contributed by atoms with Crippen LogP contribution < -0.4 is 28.6 Å². The van der Waals surface area contributed by atoms with E-state index in [4.69, 9.17) is 18.9 Å². The number of rotatable bonds is 9. The third kappa shape index (κ3) is 4.88. The van der Waals surface area contributed by atoms with Crippen LogP contribution in [0.5, 0.6) is 23.0 Å². The maximum Gasteiger partial charge on any atom is 0.257 e. The lowest BCUT2D eigenvalue weighted by molar-refractivity contribution is 0.102. The Morgan fingerprint density at radius 2 is 1.43 bits per heavy atom. The number of sulfonamides is 1. The molecule has 0 aliphatic carbocycles. The van der Waals surface area contributed by atoms with E-state index in [9.17, 15) is 13.2 Å². The topological polar surface area (TPSA) is 103 Å². The van der Waals surface area contributed by atoms with Crippen molar-refractivity contribution in [2.24, 2.45) is 0 Å². The molecular weight excluding hydrogens is 412 g/mol. The molecule has 0 saturated carbocycles. The first-order chi connectivity index (χ1) is 14.2. The minimum Gasteiger partial charge on any atom is -0.493 e. The van der Waals surface area contributed by atoms with E-state index in [0.29, 0.717) is 28.7 Å². The second kappa shape index (κ2) is 9.57. The number of carbonyl (C=O) groups is 1. The van der Waals surface area contributed by atoms with Gasteiger partial charge in [0, 0.05) is 24.4 Å². The first-order valence-corrected chi connectivity index (χ1v) is 10.8. The molecule has 1 N–H and O–H groups in total. The summed E-state index contributed by atoms with van der Waals surface area (Å²) < 4.78 is 46.7. The fourth-order valence-electron chi connectivity index (χ4n) is 2.95. The molecule has 2 rings (SSSR count). The van der Waals surface area contributed by atoms with Crippen molar-refractivity contribution in [3.05, 3.63) is 35.9 Å². The van der Waals surface area contributed by atoms with Gasteiger partial charge < -0.3 is 24.3 Å². The van der Waals surface area contributed by atoms with Crippen molar-refractivity contribution in [1.29, 1.82) is 0 Å². The van der Waals surface area contributed by atoms with Crippen molar-refractivity contribution < 1.29 is 32.2 Å².